The highest BCUT2D eigenvalue weighted by Gasteiger charge is 2.18. The molecule has 0 aliphatic carbocycles. The van der Waals surface area contributed by atoms with Gasteiger partial charge < -0.3 is 19.9 Å². The summed E-state index contributed by atoms with van der Waals surface area (Å²) < 4.78 is 5.47. The molecule has 1 N–H and O–H groups in total. The summed E-state index contributed by atoms with van der Waals surface area (Å²) >= 11 is 0. The Bertz CT molecular complexity index is 491. The van der Waals surface area contributed by atoms with Crippen molar-refractivity contribution >= 4 is 35.6 Å². The molecule has 0 spiro atoms. The number of nitrogens with zero attached hydrogens (tertiary/aromatic N) is 3. The van der Waals surface area contributed by atoms with Crippen LogP contribution in [0.1, 0.15) is 19.8 Å². The van der Waals surface area contributed by atoms with Gasteiger partial charge in [-0.15, -0.1) is 24.0 Å². The van der Waals surface area contributed by atoms with Gasteiger partial charge in [0.05, 0.1) is 6.61 Å². The van der Waals surface area contributed by atoms with Gasteiger partial charge in [-0.1, -0.05) is 18.2 Å². The van der Waals surface area contributed by atoms with Crippen molar-refractivity contribution in [1.29, 1.82) is 0 Å². The number of ether oxygens (including phenoxy) is 1. The molecule has 1 aromatic carbocycles. The Balaban J connectivity index is 0.00000312. The Hall–Kier alpha value is -1.02. The van der Waals surface area contributed by atoms with Gasteiger partial charge in [-0.05, 0) is 31.9 Å². The topological polar surface area (TPSA) is 40.1 Å². The highest BCUT2D eigenvalue weighted by molar-refractivity contribution is 14.0. The first-order valence-corrected chi connectivity index (χ1v) is 9.04. The number of anilines is 1. The molecule has 1 unspecified atom stereocenters. The highest BCUT2D eigenvalue weighted by Crippen LogP contribution is 2.13. The number of benzene rings is 1. The number of hydrogen-bond donors (Lipinski definition) is 1. The number of hydrogen-bond acceptors (Lipinski definition) is 3. The summed E-state index contributed by atoms with van der Waals surface area (Å²) in [6.07, 6.45) is 2.20. The fourth-order valence-electron chi connectivity index (χ4n) is 2.98. The average molecular weight is 460 g/mol. The van der Waals surface area contributed by atoms with E-state index in [4.69, 9.17) is 9.73 Å². The van der Waals surface area contributed by atoms with Crippen LogP contribution in [0.2, 0.25) is 0 Å². The van der Waals surface area contributed by atoms with Crippen molar-refractivity contribution in [2.75, 3.05) is 58.4 Å². The van der Waals surface area contributed by atoms with Crippen molar-refractivity contribution in [2.45, 2.75) is 19.8 Å². The fraction of sp³-hybridized carbons (Fsp3) is 0.632. The second-order valence-electron chi connectivity index (χ2n) is 6.46. The predicted molar refractivity (Wildman–Crippen MR) is 117 cm³/mol. The van der Waals surface area contributed by atoms with E-state index < -0.39 is 0 Å². The van der Waals surface area contributed by atoms with Crippen LogP contribution in [-0.4, -0.2) is 64.3 Å². The van der Waals surface area contributed by atoms with Crippen LogP contribution in [0.15, 0.2) is 35.3 Å². The van der Waals surface area contributed by atoms with E-state index in [-0.39, 0.29) is 24.0 Å². The molecule has 0 amide bonds. The lowest BCUT2D eigenvalue weighted by Gasteiger charge is -2.24. The van der Waals surface area contributed by atoms with E-state index in [1.807, 2.05) is 0 Å². The van der Waals surface area contributed by atoms with E-state index in [0.717, 1.165) is 58.2 Å². The number of nitrogens with one attached hydrogen (secondary N) is 1. The Kier molecular flexibility index (Phi) is 10.9. The third kappa shape index (κ3) is 7.81. The van der Waals surface area contributed by atoms with Gasteiger partial charge in [0.15, 0.2) is 5.96 Å². The van der Waals surface area contributed by atoms with E-state index in [1.165, 1.54) is 5.69 Å². The largest absolute Gasteiger partial charge is 0.381 e. The maximum atomic E-state index is 5.47. The van der Waals surface area contributed by atoms with Gasteiger partial charge in [-0.2, -0.15) is 0 Å². The minimum absolute atomic E-state index is 0. The lowest BCUT2D eigenvalue weighted by molar-refractivity contribution is 0.181. The van der Waals surface area contributed by atoms with Gasteiger partial charge in [-0.3, -0.25) is 4.99 Å². The Morgan fingerprint density at radius 1 is 1.28 bits per heavy atom. The van der Waals surface area contributed by atoms with Gasteiger partial charge in [0, 0.05) is 58.5 Å². The first kappa shape index (κ1) is 22.0. The van der Waals surface area contributed by atoms with E-state index in [0.29, 0.717) is 5.92 Å². The van der Waals surface area contributed by atoms with Crippen LogP contribution in [0.4, 0.5) is 5.69 Å². The molecule has 5 nitrogen and oxygen atoms in total. The Morgan fingerprint density at radius 2 is 2.04 bits per heavy atom. The average Bonchev–Trinajstić information content (AvgIpc) is 3.11. The van der Waals surface area contributed by atoms with Crippen molar-refractivity contribution in [3.8, 4) is 0 Å². The molecule has 1 saturated heterocycles. The third-order valence-corrected chi connectivity index (χ3v) is 4.36. The summed E-state index contributed by atoms with van der Waals surface area (Å²) in [6.45, 7) is 7.65. The number of guanidine groups is 1. The van der Waals surface area contributed by atoms with Crippen LogP contribution >= 0.6 is 24.0 Å². The van der Waals surface area contributed by atoms with Crippen molar-refractivity contribution in [2.24, 2.45) is 10.9 Å². The van der Waals surface area contributed by atoms with E-state index in [9.17, 15) is 0 Å². The lowest BCUT2D eigenvalue weighted by Crippen LogP contribution is -2.41. The van der Waals surface area contributed by atoms with Gasteiger partial charge in [-0.25, -0.2) is 0 Å². The number of halogens is 1. The molecule has 1 atom stereocenters. The molecule has 0 saturated carbocycles. The van der Waals surface area contributed by atoms with Crippen LogP contribution in [0.3, 0.4) is 0 Å². The number of aliphatic imine (C=N–C) groups is 1. The lowest BCUT2D eigenvalue weighted by atomic mass is 10.1. The van der Waals surface area contributed by atoms with E-state index in [1.54, 1.807) is 0 Å². The highest BCUT2D eigenvalue weighted by atomic mass is 127. The molecular weight excluding hydrogens is 427 g/mol. The number of rotatable bonds is 8. The maximum Gasteiger partial charge on any atom is 0.193 e. The summed E-state index contributed by atoms with van der Waals surface area (Å²) in [5.41, 5.74) is 1.26. The van der Waals surface area contributed by atoms with Crippen molar-refractivity contribution in [3.63, 3.8) is 0 Å². The normalized spacial score (nSPS) is 17.1. The SMILES string of the molecule is CCNC(=NCCCN(C)c1ccccc1)N(C)CC1CCOC1.I. The molecule has 1 fully saturated rings. The molecule has 1 heterocycles. The molecule has 1 aliphatic heterocycles. The summed E-state index contributed by atoms with van der Waals surface area (Å²) in [7, 11) is 4.26. The molecule has 25 heavy (non-hydrogen) atoms. The zero-order valence-corrected chi connectivity index (χ0v) is 18.1. The van der Waals surface area contributed by atoms with Crippen molar-refractivity contribution in [3.05, 3.63) is 30.3 Å². The molecule has 0 radical (unpaired) electrons. The molecule has 1 aromatic rings. The Morgan fingerprint density at radius 3 is 2.68 bits per heavy atom. The van der Waals surface area contributed by atoms with Crippen LogP contribution < -0.4 is 10.2 Å². The summed E-state index contributed by atoms with van der Waals surface area (Å²) in [5.74, 6) is 1.63. The minimum atomic E-state index is 0. The molecule has 0 aromatic heterocycles. The van der Waals surface area contributed by atoms with Crippen molar-refractivity contribution < 1.29 is 4.74 Å². The molecule has 1 aliphatic rings. The maximum absolute atomic E-state index is 5.47. The van der Waals surface area contributed by atoms with Crippen LogP contribution in [0, 0.1) is 5.92 Å². The monoisotopic (exact) mass is 460 g/mol. The zero-order valence-electron chi connectivity index (χ0n) is 15.8. The second-order valence-corrected chi connectivity index (χ2v) is 6.46. The molecule has 2 rings (SSSR count). The van der Waals surface area contributed by atoms with Crippen LogP contribution in [0.5, 0.6) is 0 Å². The first-order valence-electron chi connectivity index (χ1n) is 9.04. The molecule has 6 heteroatoms. The molecule has 0 bridgehead atoms. The van der Waals surface area contributed by atoms with E-state index >= 15 is 0 Å². The van der Waals surface area contributed by atoms with Gasteiger partial charge in [0.2, 0.25) is 0 Å². The van der Waals surface area contributed by atoms with Crippen LogP contribution in [0.25, 0.3) is 0 Å². The standard InChI is InChI=1S/C19H32N4O.HI/c1-4-20-19(23(3)15-17-11-14-24-16-17)21-12-8-13-22(2)18-9-6-5-7-10-18;/h5-7,9-10,17H,4,8,11-16H2,1-3H3,(H,20,21);1H. The van der Waals surface area contributed by atoms with Gasteiger partial charge in [0.1, 0.15) is 0 Å². The Labute approximate surface area is 169 Å². The molecule has 142 valence electrons. The van der Waals surface area contributed by atoms with Gasteiger partial charge in [0.25, 0.3) is 0 Å². The quantitative estimate of drug-likeness (QED) is 0.280. The zero-order chi connectivity index (χ0) is 17.2. The molecular formula is C19H33IN4O. The number of para-hydroxylation sites is 1. The predicted octanol–water partition coefficient (Wildman–Crippen LogP) is 3.06. The minimum Gasteiger partial charge on any atom is -0.381 e. The summed E-state index contributed by atoms with van der Waals surface area (Å²) in [4.78, 5) is 9.30. The van der Waals surface area contributed by atoms with E-state index in [2.05, 4.69) is 66.5 Å². The van der Waals surface area contributed by atoms with Crippen LogP contribution in [-0.2, 0) is 4.74 Å². The summed E-state index contributed by atoms with van der Waals surface area (Å²) in [6, 6.07) is 10.5. The summed E-state index contributed by atoms with van der Waals surface area (Å²) in [5, 5.41) is 3.40. The van der Waals surface area contributed by atoms with Gasteiger partial charge >= 0.3 is 0 Å². The van der Waals surface area contributed by atoms with Crippen molar-refractivity contribution in [1.82, 2.24) is 10.2 Å². The second kappa shape index (κ2) is 12.4. The smallest absolute Gasteiger partial charge is 0.193 e. The third-order valence-electron chi connectivity index (χ3n) is 4.36. The first-order chi connectivity index (χ1) is 11.7. The fourth-order valence-corrected chi connectivity index (χ4v) is 2.98.